The van der Waals surface area contributed by atoms with Crippen LogP contribution in [0.3, 0.4) is 0 Å². The van der Waals surface area contributed by atoms with Crippen molar-refractivity contribution >= 4 is 33.5 Å². The predicted molar refractivity (Wildman–Crippen MR) is 67.0 cm³/mol. The predicted octanol–water partition coefficient (Wildman–Crippen LogP) is 0.0860. The van der Waals surface area contributed by atoms with Gasteiger partial charge >= 0.3 is 5.97 Å². The van der Waals surface area contributed by atoms with Crippen molar-refractivity contribution in [2.24, 2.45) is 5.73 Å². The standard InChI is InChI=1S/C10H10ClFN2O5S/c11-6-3-5(1-2-7(6)12)20(18,19)14-8(10(16)17)4-9(13)15/h1-3,8,14H,4H2,(H2,13,15)(H,16,17)/t8-/m1/s1. The van der Waals surface area contributed by atoms with Crippen LogP contribution in [0.4, 0.5) is 4.39 Å². The first-order valence-electron chi connectivity index (χ1n) is 5.12. The highest BCUT2D eigenvalue weighted by molar-refractivity contribution is 7.89. The van der Waals surface area contributed by atoms with Crippen LogP contribution >= 0.6 is 11.6 Å². The number of carboxylic acid groups (broad SMARTS) is 1. The van der Waals surface area contributed by atoms with Gasteiger partial charge in [0.1, 0.15) is 11.9 Å². The Hall–Kier alpha value is -1.71. The summed E-state index contributed by atoms with van der Waals surface area (Å²) in [5.74, 6) is -3.38. The van der Waals surface area contributed by atoms with Gasteiger partial charge in [-0.05, 0) is 18.2 Å². The highest BCUT2D eigenvalue weighted by Gasteiger charge is 2.27. The summed E-state index contributed by atoms with van der Waals surface area (Å²) >= 11 is 5.45. The molecular formula is C10H10ClFN2O5S. The minimum absolute atomic E-state index is 0.431. The van der Waals surface area contributed by atoms with Crippen molar-refractivity contribution in [2.75, 3.05) is 0 Å². The third-order valence-corrected chi connectivity index (χ3v) is 3.96. The molecule has 1 aromatic carbocycles. The first-order valence-corrected chi connectivity index (χ1v) is 6.98. The number of rotatable bonds is 6. The maximum Gasteiger partial charge on any atom is 0.322 e. The second-order valence-corrected chi connectivity index (χ2v) is 5.88. The molecule has 0 saturated carbocycles. The highest BCUT2D eigenvalue weighted by Crippen LogP contribution is 2.19. The van der Waals surface area contributed by atoms with Gasteiger partial charge in [0.15, 0.2) is 0 Å². The molecule has 0 aromatic heterocycles. The fourth-order valence-electron chi connectivity index (χ4n) is 1.28. The van der Waals surface area contributed by atoms with Crippen molar-refractivity contribution in [3.63, 3.8) is 0 Å². The zero-order chi connectivity index (χ0) is 15.5. The fraction of sp³-hybridized carbons (Fsp3) is 0.200. The third kappa shape index (κ3) is 4.15. The number of halogens is 2. The number of hydrogen-bond donors (Lipinski definition) is 3. The average molecular weight is 325 g/mol. The van der Waals surface area contributed by atoms with Crippen LogP contribution < -0.4 is 10.5 Å². The Kier molecular flexibility index (Phi) is 5.03. The van der Waals surface area contributed by atoms with Crippen LogP contribution in [-0.2, 0) is 19.6 Å². The number of hydrogen-bond acceptors (Lipinski definition) is 4. The summed E-state index contributed by atoms with van der Waals surface area (Å²) in [7, 11) is -4.28. The number of primary amides is 1. The van der Waals surface area contributed by atoms with Gasteiger partial charge in [0, 0.05) is 0 Å². The smallest absolute Gasteiger partial charge is 0.322 e. The zero-order valence-corrected chi connectivity index (χ0v) is 11.4. The van der Waals surface area contributed by atoms with Crippen LogP contribution in [0.15, 0.2) is 23.1 Å². The summed E-state index contributed by atoms with van der Waals surface area (Å²) in [5.41, 5.74) is 4.82. The quantitative estimate of drug-likeness (QED) is 0.683. The number of aliphatic carboxylic acids is 1. The molecule has 110 valence electrons. The van der Waals surface area contributed by atoms with Gasteiger partial charge in [-0.2, -0.15) is 4.72 Å². The molecule has 20 heavy (non-hydrogen) atoms. The van der Waals surface area contributed by atoms with E-state index in [9.17, 15) is 22.4 Å². The number of nitrogens with two attached hydrogens (primary N) is 1. The van der Waals surface area contributed by atoms with Crippen molar-refractivity contribution < 1.29 is 27.5 Å². The fourth-order valence-corrected chi connectivity index (χ4v) is 2.74. The minimum Gasteiger partial charge on any atom is -0.480 e. The van der Waals surface area contributed by atoms with Gasteiger partial charge in [-0.25, -0.2) is 12.8 Å². The van der Waals surface area contributed by atoms with E-state index in [1.165, 1.54) is 0 Å². The van der Waals surface area contributed by atoms with E-state index in [1.807, 2.05) is 0 Å². The van der Waals surface area contributed by atoms with Crippen LogP contribution in [0, 0.1) is 5.82 Å². The zero-order valence-electron chi connectivity index (χ0n) is 9.84. The lowest BCUT2D eigenvalue weighted by atomic mass is 10.2. The Morgan fingerprint density at radius 3 is 2.50 bits per heavy atom. The molecule has 0 spiro atoms. The van der Waals surface area contributed by atoms with E-state index in [0.717, 1.165) is 18.2 Å². The van der Waals surface area contributed by atoms with E-state index in [-0.39, 0.29) is 0 Å². The second kappa shape index (κ2) is 6.16. The lowest BCUT2D eigenvalue weighted by Gasteiger charge is -2.13. The molecular weight excluding hydrogens is 315 g/mol. The molecule has 0 aliphatic rings. The van der Waals surface area contributed by atoms with Gasteiger partial charge < -0.3 is 10.8 Å². The first-order chi connectivity index (χ1) is 9.13. The van der Waals surface area contributed by atoms with Crippen LogP contribution in [0.25, 0.3) is 0 Å². The van der Waals surface area contributed by atoms with Crippen molar-refractivity contribution in [3.05, 3.63) is 29.0 Å². The third-order valence-electron chi connectivity index (χ3n) is 2.20. The van der Waals surface area contributed by atoms with Crippen LogP contribution in [0.1, 0.15) is 6.42 Å². The maximum atomic E-state index is 12.9. The van der Waals surface area contributed by atoms with Gasteiger partial charge in [0.05, 0.1) is 16.3 Å². The lowest BCUT2D eigenvalue weighted by Crippen LogP contribution is -2.43. The molecule has 7 nitrogen and oxygen atoms in total. The van der Waals surface area contributed by atoms with Crippen LogP contribution in [0.2, 0.25) is 5.02 Å². The molecule has 1 atom stereocenters. The Morgan fingerprint density at radius 2 is 2.05 bits per heavy atom. The van der Waals surface area contributed by atoms with Crippen molar-refractivity contribution in [1.29, 1.82) is 0 Å². The second-order valence-electron chi connectivity index (χ2n) is 3.76. The maximum absolute atomic E-state index is 12.9. The molecule has 0 aliphatic carbocycles. The lowest BCUT2D eigenvalue weighted by molar-refractivity contribution is -0.140. The Bertz CT molecular complexity index is 649. The molecule has 10 heteroatoms. The Labute approximate surface area is 118 Å². The van der Waals surface area contributed by atoms with Crippen molar-refractivity contribution in [2.45, 2.75) is 17.4 Å². The van der Waals surface area contributed by atoms with Gasteiger partial charge in [0.2, 0.25) is 15.9 Å². The molecule has 1 amide bonds. The topological polar surface area (TPSA) is 127 Å². The number of carbonyl (C=O) groups excluding carboxylic acids is 1. The van der Waals surface area contributed by atoms with Crippen LogP contribution in [-0.4, -0.2) is 31.4 Å². The molecule has 0 bridgehead atoms. The number of amides is 1. The normalized spacial score (nSPS) is 12.9. The summed E-state index contributed by atoms with van der Waals surface area (Å²) < 4.78 is 38.5. The molecule has 4 N–H and O–H groups in total. The van der Waals surface area contributed by atoms with E-state index in [0.29, 0.717) is 0 Å². The van der Waals surface area contributed by atoms with Gasteiger partial charge in [0.25, 0.3) is 0 Å². The largest absolute Gasteiger partial charge is 0.480 e. The molecule has 0 heterocycles. The van der Waals surface area contributed by atoms with Gasteiger partial charge in [-0.1, -0.05) is 11.6 Å². The molecule has 0 radical (unpaired) electrons. The minimum atomic E-state index is -4.28. The number of carboxylic acids is 1. The van der Waals surface area contributed by atoms with E-state index in [1.54, 1.807) is 4.72 Å². The Balaban J connectivity index is 3.06. The summed E-state index contributed by atoms with van der Waals surface area (Å²) in [4.78, 5) is 21.1. The van der Waals surface area contributed by atoms with E-state index in [2.05, 4.69) is 0 Å². The number of sulfonamides is 1. The summed E-state index contributed by atoms with van der Waals surface area (Å²) in [6.07, 6.45) is -0.719. The van der Waals surface area contributed by atoms with E-state index >= 15 is 0 Å². The highest BCUT2D eigenvalue weighted by atomic mass is 35.5. The SMILES string of the molecule is NC(=O)C[C@@H](NS(=O)(=O)c1ccc(F)c(Cl)c1)C(=O)O. The molecule has 0 saturated heterocycles. The summed E-state index contributed by atoms with van der Waals surface area (Å²) in [6.45, 7) is 0. The molecule has 0 aliphatic heterocycles. The van der Waals surface area contributed by atoms with Gasteiger partial charge in [-0.3, -0.25) is 9.59 Å². The monoisotopic (exact) mass is 324 g/mol. The van der Waals surface area contributed by atoms with Crippen molar-refractivity contribution in [3.8, 4) is 0 Å². The average Bonchev–Trinajstić information content (AvgIpc) is 2.30. The Morgan fingerprint density at radius 1 is 1.45 bits per heavy atom. The summed E-state index contributed by atoms with van der Waals surface area (Å²) in [5, 5.41) is 8.37. The van der Waals surface area contributed by atoms with E-state index in [4.69, 9.17) is 22.4 Å². The van der Waals surface area contributed by atoms with Crippen LogP contribution in [0.5, 0.6) is 0 Å². The van der Waals surface area contributed by atoms with Gasteiger partial charge in [-0.15, -0.1) is 0 Å². The number of benzene rings is 1. The van der Waals surface area contributed by atoms with Crippen molar-refractivity contribution in [1.82, 2.24) is 4.72 Å². The molecule has 0 unspecified atom stereocenters. The van der Waals surface area contributed by atoms with E-state index < -0.39 is 50.1 Å². The number of carbonyl (C=O) groups is 2. The molecule has 1 aromatic rings. The molecule has 0 fully saturated rings. The first kappa shape index (κ1) is 16.3. The molecule has 1 rings (SSSR count). The summed E-state index contributed by atoms with van der Waals surface area (Å²) in [6, 6.07) is 0.830. The number of nitrogens with one attached hydrogen (secondary N) is 1.